The van der Waals surface area contributed by atoms with Crippen LogP contribution in [-0.4, -0.2) is 11.8 Å². The van der Waals surface area contributed by atoms with Crippen LogP contribution in [0.15, 0.2) is 16.7 Å². The number of amides is 2. The minimum absolute atomic E-state index is 0.274. The van der Waals surface area contributed by atoms with Crippen LogP contribution < -0.4 is 11.1 Å². The summed E-state index contributed by atoms with van der Waals surface area (Å²) in [5, 5.41) is 3.40. The van der Waals surface area contributed by atoms with Crippen molar-refractivity contribution in [3.63, 3.8) is 0 Å². The van der Waals surface area contributed by atoms with Crippen LogP contribution in [0.2, 0.25) is 0 Å². The van der Waals surface area contributed by atoms with Crippen LogP contribution in [-0.2, 0) is 12.8 Å². The molecule has 1 aliphatic rings. The predicted octanol–water partition coefficient (Wildman–Crippen LogP) is 3.52. The second-order valence-corrected chi connectivity index (χ2v) is 7.04. The highest BCUT2D eigenvalue weighted by atomic mass is 32.1. The molecule has 3 rings (SSSR count). The van der Waals surface area contributed by atoms with Crippen LogP contribution in [0.1, 0.15) is 56.7 Å². The Morgan fingerprint density at radius 2 is 2.26 bits per heavy atom. The Bertz CT molecular complexity index is 760. The van der Waals surface area contributed by atoms with E-state index in [1.165, 1.54) is 22.5 Å². The van der Waals surface area contributed by atoms with E-state index in [1.54, 1.807) is 13.0 Å². The second-order valence-electron chi connectivity index (χ2n) is 5.93. The fraction of sp³-hybridized carbons (Fsp3) is 0.412. The molecule has 0 bridgehead atoms. The lowest BCUT2D eigenvalue weighted by Crippen LogP contribution is -2.19. The van der Waals surface area contributed by atoms with Gasteiger partial charge in [0.1, 0.15) is 10.8 Å². The molecule has 122 valence electrons. The second kappa shape index (κ2) is 6.20. The maximum absolute atomic E-state index is 12.4. The molecule has 1 atom stereocenters. The van der Waals surface area contributed by atoms with Gasteiger partial charge in [0.25, 0.3) is 11.8 Å². The summed E-state index contributed by atoms with van der Waals surface area (Å²) in [7, 11) is 0. The van der Waals surface area contributed by atoms with Gasteiger partial charge in [-0.15, -0.1) is 11.3 Å². The number of thiophene rings is 1. The zero-order valence-electron chi connectivity index (χ0n) is 13.3. The summed E-state index contributed by atoms with van der Waals surface area (Å²) in [6.45, 7) is 3.91. The van der Waals surface area contributed by atoms with Gasteiger partial charge in [0, 0.05) is 4.88 Å². The summed E-state index contributed by atoms with van der Waals surface area (Å²) in [4.78, 5) is 25.5. The summed E-state index contributed by atoms with van der Waals surface area (Å²) in [5.74, 6) is 0.443. The number of fused-ring (bicyclic) bond motifs is 1. The van der Waals surface area contributed by atoms with Crippen LogP contribution in [0.5, 0.6) is 0 Å². The molecule has 0 aliphatic heterocycles. The average molecular weight is 332 g/mol. The number of aryl methyl sites for hydroxylation is 1. The third-order valence-corrected chi connectivity index (χ3v) is 5.69. The maximum atomic E-state index is 12.4. The van der Waals surface area contributed by atoms with Gasteiger partial charge in [-0.05, 0) is 43.7 Å². The number of nitrogens with one attached hydrogen (secondary N) is 1. The first-order valence-corrected chi connectivity index (χ1v) is 8.62. The van der Waals surface area contributed by atoms with Gasteiger partial charge >= 0.3 is 0 Å². The van der Waals surface area contributed by atoms with Crippen molar-refractivity contribution in [2.75, 3.05) is 5.32 Å². The minimum atomic E-state index is -0.475. The number of primary amides is 1. The Morgan fingerprint density at radius 1 is 1.48 bits per heavy atom. The van der Waals surface area contributed by atoms with Crippen LogP contribution in [0.4, 0.5) is 5.00 Å². The number of rotatable bonds is 4. The molecule has 5 nitrogen and oxygen atoms in total. The van der Waals surface area contributed by atoms with Crippen molar-refractivity contribution in [1.29, 1.82) is 0 Å². The fourth-order valence-corrected chi connectivity index (χ4v) is 4.50. The third kappa shape index (κ3) is 2.91. The molecule has 2 amide bonds. The predicted molar refractivity (Wildman–Crippen MR) is 90.0 cm³/mol. The quantitative estimate of drug-likeness (QED) is 0.898. The molecule has 2 heterocycles. The van der Waals surface area contributed by atoms with Gasteiger partial charge in [-0.25, -0.2) is 0 Å². The van der Waals surface area contributed by atoms with Crippen LogP contribution in [0, 0.1) is 12.8 Å². The summed E-state index contributed by atoms with van der Waals surface area (Å²) in [6.07, 6.45) is 5.47. The Balaban J connectivity index is 1.93. The zero-order chi connectivity index (χ0) is 16.6. The van der Waals surface area contributed by atoms with Gasteiger partial charge in [-0.3, -0.25) is 9.59 Å². The van der Waals surface area contributed by atoms with E-state index in [-0.39, 0.29) is 5.91 Å². The number of carbonyl (C=O) groups excluding carboxylic acids is 2. The average Bonchev–Trinajstić information content (AvgIpc) is 3.09. The molecule has 0 radical (unpaired) electrons. The normalized spacial score (nSPS) is 16.9. The van der Waals surface area contributed by atoms with Crippen LogP contribution in [0.3, 0.4) is 0 Å². The highest BCUT2D eigenvalue weighted by Crippen LogP contribution is 2.40. The number of anilines is 1. The van der Waals surface area contributed by atoms with E-state index in [0.717, 1.165) is 31.2 Å². The topological polar surface area (TPSA) is 85.3 Å². The zero-order valence-corrected chi connectivity index (χ0v) is 14.1. The van der Waals surface area contributed by atoms with Crippen molar-refractivity contribution in [1.82, 2.24) is 0 Å². The van der Waals surface area contributed by atoms with Crippen molar-refractivity contribution in [3.8, 4) is 0 Å². The molecule has 0 aromatic carbocycles. The Morgan fingerprint density at radius 3 is 2.87 bits per heavy atom. The molecule has 1 aliphatic carbocycles. The molecule has 6 heteroatoms. The van der Waals surface area contributed by atoms with Gasteiger partial charge in [0.05, 0.1) is 17.4 Å². The molecule has 0 saturated carbocycles. The maximum Gasteiger partial charge on any atom is 0.259 e. The van der Waals surface area contributed by atoms with E-state index in [9.17, 15) is 9.59 Å². The van der Waals surface area contributed by atoms with Gasteiger partial charge in [-0.2, -0.15) is 0 Å². The Labute approximate surface area is 138 Å². The number of hydrogen-bond acceptors (Lipinski definition) is 4. The molecular formula is C17H20N2O3S. The highest BCUT2D eigenvalue weighted by Gasteiger charge is 2.28. The first-order chi connectivity index (χ1) is 11.0. The Hall–Kier alpha value is -2.08. The highest BCUT2D eigenvalue weighted by molar-refractivity contribution is 7.17. The van der Waals surface area contributed by atoms with Gasteiger partial charge < -0.3 is 15.5 Å². The molecule has 0 spiro atoms. The number of hydrogen-bond donors (Lipinski definition) is 2. The molecule has 0 fully saturated rings. The van der Waals surface area contributed by atoms with E-state index in [1.807, 2.05) is 0 Å². The third-order valence-electron chi connectivity index (χ3n) is 4.52. The number of furan rings is 1. The molecule has 3 N–H and O–H groups in total. The molecular weight excluding hydrogens is 312 g/mol. The van der Waals surface area contributed by atoms with Crippen molar-refractivity contribution >= 4 is 28.2 Å². The summed E-state index contributed by atoms with van der Waals surface area (Å²) in [5.41, 5.74) is 7.54. The summed E-state index contributed by atoms with van der Waals surface area (Å²) < 4.78 is 5.16. The van der Waals surface area contributed by atoms with Crippen molar-refractivity contribution in [2.24, 2.45) is 11.7 Å². The Kier molecular flexibility index (Phi) is 4.26. The van der Waals surface area contributed by atoms with E-state index in [2.05, 4.69) is 12.2 Å². The van der Waals surface area contributed by atoms with E-state index < -0.39 is 5.91 Å². The van der Waals surface area contributed by atoms with Crippen LogP contribution in [0.25, 0.3) is 0 Å². The molecule has 2 aromatic heterocycles. The van der Waals surface area contributed by atoms with Gasteiger partial charge in [-0.1, -0.05) is 13.3 Å². The number of carbonyl (C=O) groups is 2. The van der Waals surface area contributed by atoms with Gasteiger partial charge in [0.2, 0.25) is 0 Å². The molecule has 23 heavy (non-hydrogen) atoms. The molecule has 0 saturated heterocycles. The largest absolute Gasteiger partial charge is 0.469 e. The lowest BCUT2D eigenvalue weighted by atomic mass is 9.85. The monoisotopic (exact) mass is 332 g/mol. The van der Waals surface area contributed by atoms with Crippen molar-refractivity contribution in [3.05, 3.63) is 39.7 Å². The first-order valence-electron chi connectivity index (χ1n) is 7.81. The number of nitrogens with two attached hydrogens (primary N) is 1. The summed E-state index contributed by atoms with van der Waals surface area (Å²) >= 11 is 1.48. The minimum Gasteiger partial charge on any atom is -0.469 e. The lowest BCUT2D eigenvalue weighted by molar-refractivity contribution is 0.1000. The van der Waals surface area contributed by atoms with E-state index in [0.29, 0.717) is 27.8 Å². The van der Waals surface area contributed by atoms with Crippen molar-refractivity contribution < 1.29 is 14.0 Å². The van der Waals surface area contributed by atoms with Gasteiger partial charge in [0.15, 0.2) is 0 Å². The molecule has 0 unspecified atom stereocenters. The fourth-order valence-electron chi connectivity index (χ4n) is 3.14. The standard InChI is InChI=1S/C17H20N2O3S/c1-3-10-4-5-12-13(8-10)23-17(14(12)15(18)20)19-16(21)11-6-7-22-9(11)2/h6-7,10H,3-5,8H2,1-2H3,(H2,18,20)(H,19,21)/t10-/m0/s1. The van der Waals surface area contributed by atoms with Crippen molar-refractivity contribution in [2.45, 2.75) is 39.5 Å². The first kappa shape index (κ1) is 15.8. The smallest absolute Gasteiger partial charge is 0.259 e. The molecule has 2 aromatic rings. The summed E-state index contributed by atoms with van der Waals surface area (Å²) in [6, 6.07) is 1.62. The lowest BCUT2D eigenvalue weighted by Gasteiger charge is -2.20. The SMILES string of the molecule is CC[C@H]1CCc2c(sc(NC(=O)c3ccoc3C)c2C(N)=O)C1. The van der Waals surface area contributed by atoms with E-state index >= 15 is 0 Å². The van der Waals surface area contributed by atoms with E-state index in [4.69, 9.17) is 10.2 Å². The van der Waals surface area contributed by atoms with Crippen LogP contribution >= 0.6 is 11.3 Å².